The number of aromatic nitrogens is 1. The zero-order chi connectivity index (χ0) is 17.4. The molecule has 2 nitrogen and oxygen atoms in total. The molecule has 1 heterocycles. The molecule has 0 fully saturated rings. The predicted molar refractivity (Wildman–Crippen MR) is 100 cm³/mol. The highest BCUT2D eigenvalue weighted by Crippen LogP contribution is 2.28. The standard InChI is InChI=1S/C22H16FNO/c1-24-20-5-3-2-4-18(20)19-14-15(6-12-21(19)24)7-13-22(25)16-8-10-17(23)11-9-16/h2-14H,1H3/b13-7+. The summed E-state index contributed by atoms with van der Waals surface area (Å²) in [4.78, 5) is 12.2. The molecule has 0 aliphatic carbocycles. The Kier molecular flexibility index (Phi) is 3.69. The zero-order valence-electron chi connectivity index (χ0n) is 13.7. The first-order chi connectivity index (χ1) is 12.1. The van der Waals surface area contributed by atoms with E-state index in [1.807, 2.05) is 18.2 Å². The summed E-state index contributed by atoms with van der Waals surface area (Å²) in [6, 6.07) is 20.0. The molecule has 0 N–H and O–H groups in total. The van der Waals surface area contributed by atoms with Gasteiger partial charge in [0.2, 0.25) is 0 Å². The van der Waals surface area contributed by atoms with E-state index in [-0.39, 0.29) is 11.6 Å². The Morgan fingerprint density at radius 3 is 2.44 bits per heavy atom. The second kappa shape index (κ2) is 6.02. The normalized spacial score (nSPS) is 11.6. The molecule has 0 aliphatic heterocycles. The van der Waals surface area contributed by atoms with Gasteiger partial charge in [0.1, 0.15) is 5.82 Å². The summed E-state index contributed by atoms with van der Waals surface area (Å²) >= 11 is 0. The molecule has 0 spiro atoms. The fourth-order valence-corrected chi connectivity index (χ4v) is 3.17. The average Bonchev–Trinajstić information content (AvgIpc) is 2.93. The summed E-state index contributed by atoms with van der Waals surface area (Å²) in [5.41, 5.74) is 3.77. The number of carbonyl (C=O) groups excluding carboxylic acids is 1. The van der Waals surface area contributed by atoms with Gasteiger partial charge in [0.15, 0.2) is 5.78 Å². The molecular weight excluding hydrogens is 313 g/mol. The van der Waals surface area contributed by atoms with Crippen molar-refractivity contribution in [2.45, 2.75) is 0 Å². The van der Waals surface area contributed by atoms with Crippen LogP contribution in [0.2, 0.25) is 0 Å². The van der Waals surface area contributed by atoms with E-state index in [0.29, 0.717) is 5.56 Å². The van der Waals surface area contributed by atoms with Crippen molar-refractivity contribution in [3.63, 3.8) is 0 Å². The van der Waals surface area contributed by atoms with Gasteiger partial charge in [0.25, 0.3) is 0 Å². The fourth-order valence-electron chi connectivity index (χ4n) is 3.17. The van der Waals surface area contributed by atoms with Gasteiger partial charge in [0, 0.05) is 34.4 Å². The lowest BCUT2D eigenvalue weighted by atomic mass is 10.1. The molecule has 0 amide bonds. The van der Waals surface area contributed by atoms with Gasteiger partial charge in [-0.05, 0) is 54.1 Å². The van der Waals surface area contributed by atoms with Crippen LogP contribution in [0, 0.1) is 5.82 Å². The van der Waals surface area contributed by atoms with Gasteiger partial charge in [-0.3, -0.25) is 4.79 Å². The van der Waals surface area contributed by atoms with Crippen LogP contribution in [-0.4, -0.2) is 10.4 Å². The van der Waals surface area contributed by atoms with Crippen LogP contribution in [0.5, 0.6) is 0 Å². The number of fused-ring (bicyclic) bond motifs is 3. The van der Waals surface area contributed by atoms with Crippen molar-refractivity contribution < 1.29 is 9.18 Å². The van der Waals surface area contributed by atoms with E-state index >= 15 is 0 Å². The van der Waals surface area contributed by atoms with Gasteiger partial charge in [0.05, 0.1) is 0 Å². The molecule has 0 unspecified atom stereocenters. The number of benzene rings is 3. The van der Waals surface area contributed by atoms with Crippen molar-refractivity contribution in [1.82, 2.24) is 4.57 Å². The quantitative estimate of drug-likeness (QED) is 0.366. The Labute approximate surface area is 144 Å². The third-order valence-electron chi connectivity index (χ3n) is 4.49. The summed E-state index contributed by atoms with van der Waals surface area (Å²) in [7, 11) is 2.05. The topological polar surface area (TPSA) is 22.0 Å². The number of hydrogen-bond acceptors (Lipinski definition) is 1. The summed E-state index contributed by atoms with van der Waals surface area (Å²) < 4.78 is 15.1. The molecule has 1 aromatic heterocycles. The largest absolute Gasteiger partial charge is 0.344 e. The minimum absolute atomic E-state index is 0.141. The minimum atomic E-state index is -0.345. The molecule has 0 radical (unpaired) electrons. The molecule has 3 aromatic carbocycles. The first-order valence-electron chi connectivity index (χ1n) is 8.08. The lowest BCUT2D eigenvalue weighted by Crippen LogP contribution is -1.93. The highest BCUT2D eigenvalue weighted by Gasteiger charge is 2.07. The Hall–Kier alpha value is -3.20. The summed E-state index contributed by atoms with van der Waals surface area (Å²) in [6.45, 7) is 0. The molecule has 4 aromatic rings. The number of nitrogens with zero attached hydrogens (tertiary/aromatic N) is 1. The first kappa shape index (κ1) is 15.3. The summed E-state index contributed by atoms with van der Waals surface area (Å²) in [6.07, 6.45) is 3.33. The van der Waals surface area contributed by atoms with Gasteiger partial charge < -0.3 is 4.57 Å². The smallest absolute Gasteiger partial charge is 0.185 e. The molecule has 0 saturated heterocycles. The van der Waals surface area contributed by atoms with Crippen LogP contribution < -0.4 is 0 Å². The van der Waals surface area contributed by atoms with Gasteiger partial charge in [-0.15, -0.1) is 0 Å². The highest BCUT2D eigenvalue weighted by molar-refractivity contribution is 6.09. The SMILES string of the molecule is Cn1c2ccccc2c2cc(/C=C/C(=O)c3ccc(F)cc3)ccc21. The zero-order valence-corrected chi connectivity index (χ0v) is 13.7. The van der Waals surface area contributed by atoms with Crippen LogP contribution in [0.1, 0.15) is 15.9 Å². The number of hydrogen-bond donors (Lipinski definition) is 0. The van der Waals surface area contributed by atoms with E-state index in [4.69, 9.17) is 0 Å². The number of ketones is 1. The number of carbonyl (C=O) groups is 1. The van der Waals surface area contributed by atoms with Crippen LogP contribution in [0.3, 0.4) is 0 Å². The van der Waals surface area contributed by atoms with Gasteiger partial charge in [-0.2, -0.15) is 0 Å². The number of para-hydroxylation sites is 1. The molecule has 0 atom stereocenters. The Morgan fingerprint density at radius 1 is 0.920 bits per heavy atom. The van der Waals surface area contributed by atoms with Crippen LogP contribution >= 0.6 is 0 Å². The Bertz CT molecular complexity index is 1120. The van der Waals surface area contributed by atoms with Crippen LogP contribution in [-0.2, 0) is 7.05 Å². The number of halogens is 1. The molecular formula is C22H16FNO. The van der Waals surface area contributed by atoms with Crippen LogP contribution in [0.15, 0.2) is 72.8 Å². The van der Waals surface area contributed by atoms with Crippen LogP contribution in [0.25, 0.3) is 27.9 Å². The first-order valence-corrected chi connectivity index (χ1v) is 8.08. The Morgan fingerprint density at radius 2 is 1.64 bits per heavy atom. The van der Waals surface area contributed by atoms with Gasteiger partial charge in [-0.25, -0.2) is 4.39 Å². The second-order valence-electron chi connectivity index (χ2n) is 6.06. The predicted octanol–water partition coefficient (Wildman–Crippen LogP) is 5.37. The van der Waals surface area contributed by atoms with E-state index in [2.05, 4.69) is 35.9 Å². The molecule has 0 aliphatic rings. The fraction of sp³-hybridized carbons (Fsp3) is 0.0455. The lowest BCUT2D eigenvalue weighted by Gasteiger charge is -1.99. The van der Waals surface area contributed by atoms with E-state index in [9.17, 15) is 9.18 Å². The third kappa shape index (κ3) is 2.74. The maximum absolute atomic E-state index is 12.9. The van der Waals surface area contributed by atoms with E-state index < -0.39 is 0 Å². The number of aryl methyl sites for hydroxylation is 1. The molecule has 122 valence electrons. The highest BCUT2D eigenvalue weighted by atomic mass is 19.1. The van der Waals surface area contributed by atoms with E-state index in [0.717, 1.165) is 16.5 Å². The summed E-state index contributed by atoms with van der Waals surface area (Å²) in [5.74, 6) is -0.486. The number of allylic oxidation sites excluding steroid dienone is 1. The van der Waals surface area contributed by atoms with Crippen molar-refractivity contribution in [2.24, 2.45) is 7.05 Å². The monoisotopic (exact) mass is 329 g/mol. The van der Waals surface area contributed by atoms with E-state index in [1.54, 1.807) is 6.08 Å². The molecule has 0 bridgehead atoms. The second-order valence-corrected chi connectivity index (χ2v) is 6.06. The van der Waals surface area contributed by atoms with E-state index in [1.165, 1.54) is 41.2 Å². The van der Waals surface area contributed by atoms with Crippen molar-refractivity contribution in [3.05, 3.63) is 89.8 Å². The van der Waals surface area contributed by atoms with Crippen LogP contribution in [0.4, 0.5) is 4.39 Å². The Balaban J connectivity index is 1.71. The summed E-state index contributed by atoms with van der Waals surface area (Å²) in [5, 5.41) is 2.36. The van der Waals surface area contributed by atoms with Crippen molar-refractivity contribution >= 4 is 33.7 Å². The third-order valence-corrected chi connectivity index (χ3v) is 4.49. The average molecular weight is 329 g/mol. The lowest BCUT2D eigenvalue weighted by molar-refractivity contribution is 0.104. The maximum Gasteiger partial charge on any atom is 0.185 e. The van der Waals surface area contributed by atoms with Crippen molar-refractivity contribution in [1.29, 1.82) is 0 Å². The van der Waals surface area contributed by atoms with Gasteiger partial charge >= 0.3 is 0 Å². The molecule has 4 rings (SSSR count). The number of rotatable bonds is 3. The van der Waals surface area contributed by atoms with Crippen molar-refractivity contribution in [2.75, 3.05) is 0 Å². The maximum atomic E-state index is 12.9. The molecule has 3 heteroatoms. The molecule has 25 heavy (non-hydrogen) atoms. The van der Waals surface area contributed by atoms with Gasteiger partial charge in [-0.1, -0.05) is 30.3 Å². The molecule has 0 saturated carbocycles. The van der Waals surface area contributed by atoms with Crippen molar-refractivity contribution in [3.8, 4) is 0 Å². The minimum Gasteiger partial charge on any atom is -0.344 e.